The summed E-state index contributed by atoms with van der Waals surface area (Å²) >= 11 is 6.04. The maximum absolute atomic E-state index is 13.4. The Balaban J connectivity index is 1.82. The van der Waals surface area contributed by atoms with Crippen LogP contribution in [-0.4, -0.2) is 17.9 Å². The van der Waals surface area contributed by atoms with E-state index in [1.165, 1.54) is 11.0 Å². The topological polar surface area (TPSA) is 72.7 Å². The van der Waals surface area contributed by atoms with Gasteiger partial charge in [0.2, 0.25) is 0 Å². The third-order valence-corrected chi connectivity index (χ3v) is 5.46. The highest BCUT2D eigenvalue weighted by Crippen LogP contribution is 2.37. The summed E-state index contributed by atoms with van der Waals surface area (Å²) in [7, 11) is 1.59. The molecule has 0 unspecified atom stereocenters. The molecule has 0 saturated carbocycles. The second-order valence-electron chi connectivity index (χ2n) is 7.28. The number of aryl methyl sites for hydroxylation is 1. The van der Waals surface area contributed by atoms with Crippen molar-refractivity contribution in [2.24, 2.45) is 0 Å². The summed E-state index contributed by atoms with van der Waals surface area (Å²) in [5, 5.41) is 12.0. The van der Waals surface area contributed by atoms with Crippen LogP contribution in [0.15, 0.2) is 78.4 Å². The van der Waals surface area contributed by atoms with Crippen LogP contribution < -0.4 is 9.64 Å². The molecule has 0 aromatic heterocycles. The van der Waals surface area contributed by atoms with Crippen molar-refractivity contribution in [3.63, 3.8) is 0 Å². The van der Waals surface area contributed by atoms with Gasteiger partial charge >= 0.3 is 0 Å². The molecule has 1 aliphatic rings. The Morgan fingerprint density at radius 1 is 1.03 bits per heavy atom. The van der Waals surface area contributed by atoms with Gasteiger partial charge in [-0.3, -0.25) is 19.8 Å². The number of methoxy groups -OCH3 is 1. The molecule has 0 fully saturated rings. The largest absolute Gasteiger partial charge is 0.497 e. The highest BCUT2D eigenvalue weighted by Gasteiger charge is 2.31. The molecule has 1 aliphatic heterocycles. The number of hydrogen-bond acceptors (Lipinski definition) is 4. The van der Waals surface area contributed by atoms with Crippen LogP contribution in [0.5, 0.6) is 5.75 Å². The number of halogens is 1. The molecule has 3 aromatic rings. The van der Waals surface area contributed by atoms with Crippen molar-refractivity contribution in [2.75, 3.05) is 12.0 Å². The van der Waals surface area contributed by atoms with E-state index in [0.717, 1.165) is 16.9 Å². The predicted octanol–water partition coefficient (Wildman–Crippen LogP) is 6.04. The van der Waals surface area contributed by atoms with E-state index in [-0.39, 0.29) is 11.6 Å². The first-order valence-corrected chi connectivity index (χ1v) is 10.2. The monoisotopic (exact) mass is 446 g/mol. The van der Waals surface area contributed by atoms with Crippen LogP contribution in [0.4, 0.5) is 11.4 Å². The van der Waals surface area contributed by atoms with Gasteiger partial charge in [-0.25, -0.2) is 0 Å². The van der Waals surface area contributed by atoms with Crippen LogP contribution in [0.2, 0.25) is 5.02 Å². The van der Waals surface area contributed by atoms with Crippen LogP contribution in [0.3, 0.4) is 0 Å². The zero-order valence-electron chi connectivity index (χ0n) is 17.4. The number of nitro groups is 1. The molecule has 0 saturated heterocycles. The van der Waals surface area contributed by atoms with E-state index in [4.69, 9.17) is 16.3 Å². The Morgan fingerprint density at radius 3 is 2.34 bits per heavy atom. The standard InChI is InChI=1S/C25H19ClN2O4/c1-16-3-10-21(15-23(16)28(30)31)27-24(18-6-8-20(26)9-7-18)14-19(25(27)29)13-17-4-11-22(32-2)12-5-17/h3-15H,1-2H3/b19-13-. The van der Waals surface area contributed by atoms with E-state index in [1.54, 1.807) is 50.5 Å². The number of hydrogen-bond donors (Lipinski definition) is 0. The van der Waals surface area contributed by atoms with Gasteiger partial charge < -0.3 is 4.74 Å². The minimum Gasteiger partial charge on any atom is -0.497 e. The smallest absolute Gasteiger partial charge is 0.274 e. The molecule has 6 nitrogen and oxygen atoms in total. The van der Waals surface area contributed by atoms with Gasteiger partial charge in [-0.1, -0.05) is 41.9 Å². The van der Waals surface area contributed by atoms with Crippen molar-refractivity contribution in [1.82, 2.24) is 0 Å². The average Bonchev–Trinajstić information content (AvgIpc) is 3.11. The normalized spacial score (nSPS) is 14.6. The fraction of sp³-hybridized carbons (Fsp3) is 0.0800. The molecule has 0 aliphatic carbocycles. The summed E-state index contributed by atoms with van der Waals surface area (Å²) in [4.78, 5) is 25.9. The first-order chi connectivity index (χ1) is 15.4. The SMILES string of the molecule is COc1ccc(/C=C2/C=C(c3ccc(Cl)cc3)N(c3ccc(C)c([N+](=O)[O-])c3)C2=O)cc1. The fourth-order valence-corrected chi connectivity index (χ4v) is 3.64. The van der Waals surface area contributed by atoms with E-state index in [1.807, 2.05) is 36.4 Å². The number of benzene rings is 3. The Hall–Kier alpha value is -3.90. The second-order valence-corrected chi connectivity index (χ2v) is 7.71. The van der Waals surface area contributed by atoms with Gasteiger partial charge in [0.15, 0.2) is 0 Å². The van der Waals surface area contributed by atoms with Crippen molar-refractivity contribution in [2.45, 2.75) is 6.92 Å². The molecule has 3 aromatic carbocycles. The van der Waals surface area contributed by atoms with Crippen LogP contribution >= 0.6 is 11.6 Å². The summed E-state index contributed by atoms with van der Waals surface area (Å²) in [6.45, 7) is 1.67. The molecule has 1 amide bonds. The Kier molecular flexibility index (Phi) is 5.79. The number of nitro benzene ring substituents is 1. The van der Waals surface area contributed by atoms with Crippen molar-refractivity contribution >= 4 is 40.7 Å². The maximum atomic E-state index is 13.4. The number of amides is 1. The quantitative estimate of drug-likeness (QED) is 0.272. The van der Waals surface area contributed by atoms with Crippen LogP contribution in [0.1, 0.15) is 16.7 Å². The molecular formula is C25H19ClN2O4. The number of rotatable bonds is 5. The van der Waals surface area contributed by atoms with Crippen molar-refractivity contribution in [3.05, 3.63) is 110 Å². The van der Waals surface area contributed by atoms with Crippen LogP contribution in [-0.2, 0) is 4.79 Å². The van der Waals surface area contributed by atoms with Crippen LogP contribution in [0, 0.1) is 17.0 Å². The Bertz CT molecular complexity index is 1260. The summed E-state index contributed by atoms with van der Waals surface area (Å²) in [5.41, 5.74) is 3.58. The third-order valence-electron chi connectivity index (χ3n) is 5.21. The molecule has 160 valence electrons. The molecule has 0 spiro atoms. The minimum atomic E-state index is -0.445. The molecular weight excluding hydrogens is 428 g/mol. The third kappa shape index (κ3) is 4.13. The first-order valence-electron chi connectivity index (χ1n) is 9.80. The van der Waals surface area contributed by atoms with Gasteiger partial charge in [-0.2, -0.15) is 0 Å². The Labute approximate surface area is 190 Å². The first kappa shape index (κ1) is 21.3. The number of carbonyl (C=O) groups is 1. The van der Waals surface area contributed by atoms with E-state index >= 15 is 0 Å². The Morgan fingerprint density at radius 2 is 1.72 bits per heavy atom. The van der Waals surface area contributed by atoms with Gasteiger partial charge in [0, 0.05) is 22.2 Å². The highest BCUT2D eigenvalue weighted by molar-refractivity contribution is 6.30. The molecule has 0 atom stereocenters. The number of carbonyl (C=O) groups excluding carboxylic acids is 1. The molecule has 4 rings (SSSR count). The van der Waals surface area contributed by atoms with Gasteiger partial charge in [-0.05, 0) is 60.5 Å². The average molecular weight is 447 g/mol. The molecule has 0 N–H and O–H groups in total. The van der Waals surface area contributed by atoms with Crippen molar-refractivity contribution < 1.29 is 14.5 Å². The van der Waals surface area contributed by atoms with E-state index < -0.39 is 4.92 Å². The number of ether oxygens (including phenoxy) is 1. The van der Waals surface area contributed by atoms with E-state index in [0.29, 0.717) is 27.5 Å². The summed E-state index contributed by atoms with van der Waals surface area (Å²) in [6, 6.07) is 19.2. The predicted molar refractivity (Wildman–Crippen MR) is 126 cm³/mol. The number of anilines is 1. The molecule has 0 bridgehead atoms. The fourth-order valence-electron chi connectivity index (χ4n) is 3.52. The minimum absolute atomic E-state index is 0.0432. The van der Waals surface area contributed by atoms with Crippen molar-refractivity contribution in [1.29, 1.82) is 0 Å². The van der Waals surface area contributed by atoms with Crippen molar-refractivity contribution in [3.8, 4) is 5.75 Å². The zero-order valence-corrected chi connectivity index (χ0v) is 18.2. The zero-order chi connectivity index (χ0) is 22.8. The van der Waals surface area contributed by atoms with Gasteiger partial charge in [0.1, 0.15) is 5.75 Å². The number of nitrogens with zero attached hydrogens (tertiary/aromatic N) is 2. The van der Waals surface area contributed by atoms with Crippen LogP contribution in [0.25, 0.3) is 11.8 Å². The second kappa shape index (κ2) is 8.69. The lowest BCUT2D eigenvalue weighted by Gasteiger charge is -2.21. The van der Waals surface area contributed by atoms with E-state index in [2.05, 4.69) is 0 Å². The molecule has 1 heterocycles. The lowest BCUT2D eigenvalue weighted by molar-refractivity contribution is -0.385. The molecule has 32 heavy (non-hydrogen) atoms. The van der Waals surface area contributed by atoms with Gasteiger partial charge in [-0.15, -0.1) is 0 Å². The lowest BCUT2D eigenvalue weighted by atomic mass is 10.1. The molecule has 0 radical (unpaired) electrons. The summed E-state index contributed by atoms with van der Waals surface area (Å²) in [5.74, 6) is 0.444. The summed E-state index contributed by atoms with van der Waals surface area (Å²) in [6.07, 6.45) is 3.56. The highest BCUT2D eigenvalue weighted by atomic mass is 35.5. The molecule has 7 heteroatoms. The van der Waals surface area contributed by atoms with E-state index in [9.17, 15) is 14.9 Å². The lowest BCUT2D eigenvalue weighted by Crippen LogP contribution is -2.25. The maximum Gasteiger partial charge on any atom is 0.274 e. The van der Waals surface area contributed by atoms with Gasteiger partial charge in [0.25, 0.3) is 11.6 Å². The summed E-state index contributed by atoms with van der Waals surface area (Å²) < 4.78 is 5.19. The van der Waals surface area contributed by atoms with Gasteiger partial charge in [0.05, 0.1) is 23.4 Å².